The first-order valence-corrected chi connectivity index (χ1v) is 3.99. The fraction of sp³-hybridized carbons (Fsp3) is 0.333. The van der Waals surface area contributed by atoms with Gasteiger partial charge in [0, 0.05) is 5.69 Å². The van der Waals surface area contributed by atoms with E-state index < -0.39 is 0 Å². The minimum Gasteiger partial charge on any atom is -0.399 e. The summed E-state index contributed by atoms with van der Waals surface area (Å²) in [6.07, 6.45) is 0. The first-order chi connectivity index (χ1) is 5.77. The summed E-state index contributed by atoms with van der Waals surface area (Å²) < 4.78 is 5.28. The monoisotopic (exact) mass is 164 g/mol. The first kappa shape index (κ1) is 7.58. The minimum atomic E-state index is -0.0164. The number of anilines is 1. The molecule has 1 heterocycles. The predicted molar refractivity (Wildman–Crippen MR) is 47.4 cm³/mol. The molecule has 0 radical (unpaired) electrons. The van der Waals surface area contributed by atoms with Gasteiger partial charge >= 0.3 is 0 Å². The van der Waals surface area contributed by atoms with E-state index >= 15 is 0 Å². The Morgan fingerprint density at radius 2 is 2.25 bits per heavy atom. The lowest BCUT2D eigenvalue weighted by molar-refractivity contribution is 0.0924. The van der Waals surface area contributed by atoms with E-state index in [2.05, 4.69) is 0 Å². The molecule has 0 saturated heterocycles. The van der Waals surface area contributed by atoms with Gasteiger partial charge in [0.25, 0.3) is 0 Å². The fourth-order valence-corrected chi connectivity index (χ4v) is 1.48. The quantitative estimate of drug-likeness (QED) is 0.557. The first-order valence-electron chi connectivity index (χ1n) is 3.99. The third-order valence-electron chi connectivity index (χ3n) is 2.12. The second kappa shape index (κ2) is 2.77. The normalized spacial score (nSPS) is 21.9. The smallest absolute Gasteiger partial charge is 0.0721 e. The summed E-state index contributed by atoms with van der Waals surface area (Å²) in [7, 11) is 0. The molecule has 3 nitrogen and oxygen atoms in total. The van der Waals surface area contributed by atoms with Gasteiger partial charge in [-0.15, -0.1) is 0 Å². The van der Waals surface area contributed by atoms with Crippen molar-refractivity contribution in [2.75, 3.05) is 12.3 Å². The summed E-state index contributed by atoms with van der Waals surface area (Å²) in [5, 5.41) is 0. The van der Waals surface area contributed by atoms with Gasteiger partial charge in [0.05, 0.1) is 19.3 Å². The van der Waals surface area contributed by atoms with Crippen molar-refractivity contribution in [1.29, 1.82) is 0 Å². The van der Waals surface area contributed by atoms with Crippen LogP contribution >= 0.6 is 0 Å². The van der Waals surface area contributed by atoms with Gasteiger partial charge in [0.2, 0.25) is 0 Å². The molecular formula is C9H12N2O. The lowest BCUT2D eigenvalue weighted by atomic mass is 9.99. The fourth-order valence-electron chi connectivity index (χ4n) is 1.48. The number of nitrogen functional groups attached to an aromatic ring is 1. The number of benzene rings is 1. The molecule has 1 aliphatic rings. The van der Waals surface area contributed by atoms with Gasteiger partial charge in [0.1, 0.15) is 0 Å². The van der Waals surface area contributed by atoms with E-state index in [9.17, 15) is 0 Å². The van der Waals surface area contributed by atoms with Crippen LogP contribution in [0.2, 0.25) is 0 Å². The molecule has 2 rings (SSSR count). The predicted octanol–water partition coefficient (Wildman–Crippen LogP) is 0.799. The van der Waals surface area contributed by atoms with Crippen LogP contribution in [0.5, 0.6) is 0 Å². The van der Waals surface area contributed by atoms with Crippen molar-refractivity contribution in [2.24, 2.45) is 5.73 Å². The summed E-state index contributed by atoms with van der Waals surface area (Å²) in [4.78, 5) is 0. The molecule has 0 amide bonds. The average molecular weight is 164 g/mol. The van der Waals surface area contributed by atoms with Crippen LogP contribution in [0, 0.1) is 0 Å². The van der Waals surface area contributed by atoms with Crippen molar-refractivity contribution in [3.05, 3.63) is 29.3 Å². The van der Waals surface area contributed by atoms with E-state index in [4.69, 9.17) is 16.2 Å². The number of rotatable bonds is 0. The molecule has 0 fully saturated rings. The molecule has 64 valence electrons. The van der Waals surface area contributed by atoms with E-state index in [1.165, 1.54) is 0 Å². The molecule has 0 bridgehead atoms. The number of nitrogens with two attached hydrogens (primary N) is 2. The highest BCUT2D eigenvalue weighted by atomic mass is 16.5. The highest BCUT2D eigenvalue weighted by Gasteiger charge is 2.16. The summed E-state index contributed by atoms with van der Waals surface area (Å²) in [6.45, 7) is 1.25. The van der Waals surface area contributed by atoms with Gasteiger partial charge in [0.15, 0.2) is 0 Å². The Hall–Kier alpha value is -1.06. The second-order valence-electron chi connectivity index (χ2n) is 3.08. The summed E-state index contributed by atoms with van der Waals surface area (Å²) >= 11 is 0. The summed E-state index contributed by atoms with van der Waals surface area (Å²) in [5.74, 6) is 0. The van der Waals surface area contributed by atoms with Gasteiger partial charge < -0.3 is 16.2 Å². The molecule has 0 aromatic heterocycles. The van der Waals surface area contributed by atoms with Crippen LogP contribution in [0.3, 0.4) is 0 Å². The summed E-state index contributed by atoms with van der Waals surface area (Å²) in [6, 6.07) is 5.77. The maximum absolute atomic E-state index is 5.83. The van der Waals surface area contributed by atoms with Crippen LogP contribution in [-0.2, 0) is 11.3 Å². The SMILES string of the molecule is Nc1ccc2c(c1)[C@@H](N)COC2. The van der Waals surface area contributed by atoms with Crippen molar-refractivity contribution < 1.29 is 4.74 Å². The zero-order valence-corrected chi connectivity index (χ0v) is 6.79. The van der Waals surface area contributed by atoms with Crippen LogP contribution in [0.1, 0.15) is 17.2 Å². The van der Waals surface area contributed by atoms with Gasteiger partial charge in [-0.2, -0.15) is 0 Å². The Bertz CT molecular complexity index is 299. The third-order valence-corrected chi connectivity index (χ3v) is 2.12. The Balaban J connectivity index is 2.47. The van der Waals surface area contributed by atoms with Gasteiger partial charge in [-0.05, 0) is 23.3 Å². The van der Waals surface area contributed by atoms with Crippen molar-refractivity contribution >= 4 is 5.69 Å². The number of hydrogen-bond donors (Lipinski definition) is 2. The molecule has 1 aromatic rings. The largest absolute Gasteiger partial charge is 0.399 e. The molecule has 3 heteroatoms. The standard InChI is InChI=1S/C9H12N2O/c10-7-2-1-6-4-12-5-9(11)8(6)3-7/h1-3,9H,4-5,10-11H2/t9-/m0/s1. The number of ether oxygens (including phenoxy) is 1. The zero-order valence-electron chi connectivity index (χ0n) is 6.79. The van der Waals surface area contributed by atoms with Crippen LogP contribution in [-0.4, -0.2) is 6.61 Å². The lowest BCUT2D eigenvalue weighted by Gasteiger charge is -2.22. The lowest BCUT2D eigenvalue weighted by Crippen LogP contribution is -2.23. The second-order valence-corrected chi connectivity index (χ2v) is 3.08. The molecule has 0 aliphatic carbocycles. The highest BCUT2D eigenvalue weighted by molar-refractivity contribution is 5.46. The summed E-state index contributed by atoms with van der Waals surface area (Å²) in [5.41, 5.74) is 14.5. The molecule has 1 aliphatic heterocycles. The number of hydrogen-bond acceptors (Lipinski definition) is 3. The molecule has 1 atom stereocenters. The number of fused-ring (bicyclic) bond motifs is 1. The third kappa shape index (κ3) is 1.17. The minimum absolute atomic E-state index is 0.0164. The molecule has 1 aromatic carbocycles. The Morgan fingerprint density at radius 1 is 1.42 bits per heavy atom. The molecule has 0 unspecified atom stereocenters. The van der Waals surface area contributed by atoms with Crippen LogP contribution < -0.4 is 11.5 Å². The van der Waals surface area contributed by atoms with Crippen LogP contribution in [0.25, 0.3) is 0 Å². The molecule has 4 N–H and O–H groups in total. The van der Waals surface area contributed by atoms with Gasteiger partial charge in [-0.1, -0.05) is 6.07 Å². The van der Waals surface area contributed by atoms with E-state index in [0.29, 0.717) is 13.2 Å². The molecule has 12 heavy (non-hydrogen) atoms. The molecule has 0 spiro atoms. The maximum Gasteiger partial charge on any atom is 0.0721 e. The van der Waals surface area contributed by atoms with E-state index in [-0.39, 0.29) is 6.04 Å². The van der Waals surface area contributed by atoms with Crippen molar-refractivity contribution in [3.8, 4) is 0 Å². The van der Waals surface area contributed by atoms with E-state index in [1.807, 2.05) is 18.2 Å². The zero-order chi connectivity index (χ0) is 8.55. The maximum atomic E-state index is 5.83. The Labute approximate surface area is 71.3 Å². The van der Waals surface area contributed by atoms with Crippen LogP contribution in [0.4, 0.5) is 5.69 Å². The van der Waals surface area contributed by atoms with Crippen molar-refractivity contribution in [2.45, 2.75) is 12.6 Å². The van der Waals surface area contributed by atoms with Gasteiger partial charge in [-0.25, -0.2) is 0 Å². The van der Waals surface area contributed by atoms with E-state index in [0.717, 1.165) is 16.8 Å². The molecule has 0 saturated carbocycles. The van der Waals surface area contributed by atoms with Crippen molar-refractivity contribution in [3.63, 3.8) is 0 Å². The average Bonchev–Trinajstić information content (AvgIpc) is 2.07. The molecular weight excluding hydrogens is 152 g/mol. The Kier molecular flexibility index (Phi) is 1.75. The van der Waals surface area contributed by atoms with E-state index in [1.54, 1.807) is 0 Å². The topological polar surface area (TPSA) is 61.3 Å². The van der Waals surface area contributed by atoms with Crippen molar-refractivity contribution in [1.82, 2.24) is 0 Å². The Morgan fingerprint density at radius 3 is 3.08 bits per heavy atom. The van der Waals surface area contributed by atoms with Crippen LogP contribution in [0.15, 0.2) is 18.2 Å². The van der Waals surface area contributed by atoms with Gasteiger partial charge in [-0.3, -0.25) is 0 Å². The highest BCUT2D eigenvalue weighted by Crippen LogP contribution is 2.24.